The van der Waals surface area contributed by atoms with Crippen LogP contribution in [0.4, 0.5) is 0 Å². The van der Waals surface area contributed by atoms with Gasteiger partial charge in [-0.2, -0.15) is 0 Å². The SMILES string of the molecule is Cc1cc(OCC(=O)N(Cc2ccc(Cl)cc2Cl)[C@@H](C)C(=O)NC2CCCC2)ccc1Br. The summed E-state index contributed by atoms with van der Waals surface area (Å²) in [7, 11) is 0. The van der Waals surface area contributed by atoms with Crippen LogP contribution in [-0.2, 0) is 16.1 Å². The second-order valence-electron chi connectivity index (χ2n) is 8.12. The summed E-state index contributed by atoms with van der Waals surface area (Å²) in [5.74, 6) is 0.118. The van der Waals surface area contributed by atoms with Crippen LogP contribution in [0.15, 0.2) is 40.9 Å². The number of nitrogens with zero attached hydrogens (tertiary/aromatic N) is 1. The molecule has 5 nitrogen and oxygen atoms in total. The molecule has 0 saturated heterocycles. The first-order valence-electron chi connectivity index (χ1n) is 10.7. The van der Waals surface area contributed by atoms with Crippen LogP contribution in [0.1, 0.15) is 43.7 Å². The number of benzene rings is 2. The average molecular weight is 542 g/mol. The lowest BCUT2D eigenvalue weighted by Crippen LogP contribution is -2.50. The molecule has 2 aromatic rings. The van der Waals surface area contributed by atoms with Crippen molar-refractivity contribution in [2.75, 3.05) is 6.61 Å². The van der Waals surface area contributed by atoms with Gasteiger partial charge in [0.2, 0.25) is 5.91 Å². The van der Waals surface area contributed by atoms with Crippen molar-refractivity contribution in [3.63, 3.8) is 0 Å². The van der Waals surface area contributed by atoms with E-state index in [1.54, 1.807) is 31.2 Å². The van der Waals surface area contributed by atoms with Gasteiger partial charge in [-0.1, -0.05) is 58.0 Å². The van der Waals surface area contributed by atoms with Crippen LogP contribution < -0.4 is 10.1 Å². The molecule has 1 aliphatic rings. The van der Waals surface area contributed by atoms with Gasteiger partial charge in [-0.15, -0.1) is 0 Å². The van der Waals surface area contributed by atoms with Crippen molar-refractivity contribution in [1.82, 2.24) is 10.2 Å². The Labute approximate surface area is 207 Å². The van der Waals surface area contributed by atoms with E-state index in [2.05, 4.69) is 21.2 Å². The lowest BCUT2D eigenvalue weighted by atomic mass is 10.1. The molecule has 1 fully saturated rings. The lowest BCUT2D eigenvalue weighted by Gasteiger charge is -2.30. The predicted molar refractivity (Wildman–Crippen MR) is 131 cm³/mol. The van der Waals surface area contributed by atoms with Crippen molar-refractivity contribution in [2.45, 2.75) is 58.2 Å². The number of carbonyl (C=O) groups is 2. The van der Waals surface area contributed by atoms with Crippen LogP contribution in [0, 0.1) is 6.92 Å². The van der Waals surface area contributed by atoms with Crippen LogP contribution in [0.3, 0.4) is 0 Å². The van der Waals surface area contributed by atoms with E-state index < -0.39 is 6.04 Å². The highest BCUT2D eigenvalue weighted by Gasteiger charge is 2.29. The Morgan fingerprint density at radius 3 is 2.56 bits per heavy atom. The molecule has 0 radical (unpaired) electrons. The monoisotopic (exact) mass is 540 g/mol. The number of nitrogens with one attached hydrogen (secondary N) is 1. The Balaban J connectivity index is 1.75. The van der Waals surface area contributed by atoms with E-state index in [4.69, 9.17) is 27.9 Å². The number of rotatable bonds is 8. The third-order valence-corrected chi connectivity index (χ3v) is 7.19. The standard InChI is InChI=1S/C24H27BrCl2N2O3/c1-15-11-20(9-10-21(15)25)32-14-23(30)29(13-17-7-8-18(26)12-22(17)27)16(2)24(31)28-19-5-3-4-6-19/h7-12,16,19H,3-6,13-14H2,1-2H3,(H,28,31)/t16-/m0/s1. The summed E-state index contributed by atoms with van der Waals surface area (Å²) in [6, 6.07) is 10.1. The van der Waals surface area contributed by atoms with Gasteiger partial charge in [0.25, 0.3) is 5.91 Å². The first-order valence-corrected chi connectivity index (χ1v) is 12.2. The highest BCUT2D eigenvalue weighted by molar-refractivity contribution is 9.10. The van der Waals surface area contributed by atoms with E-state index in [1.165, 1.54) is 4.90 Å². The fourth-order valence-electron chi connectivity index (χ4n) is 3.74. The van der Waals surface area contributed by atoms with Crippen molar-refractivity contribution in [1.29, 1.82) is 0 Å². The Morgan fingerprint density at radius 2 is 1.91 bits per heavy atom. The summed E-state index contributed by atoms with van der Waals surface area (Å²) < 4.78 is 6.70. The lowest BCUT2D eigenvalue weighted by molar-refractivity contribution is -0.142. The zero-order valence-corrected chi connectivity index (χ0v) is 21.3. The zero-order valence-electron chi connectivity index (χ0n) is 18.2. The van der Waals surface area contributed by atoms with Gasteiger partial charge in [0.15, 0.2) is 6.61 Å². The maximum Gasteiger partial charge on any atom is 0.261 e. The number of hydrogen-bond donors (Lipinski definition) is 1. The predicted octanol–water partition coefficient (Wildman–Crippen LogP) is 5.92. The second-order valence-corrected chi connectivity index (χ2v) is 9.82. The third kappa shape index (κ3) is 6.63. The largest absolute Gasteiger partial charge is 0.484 e. The molecule has 1 saturated carbocycles. The topological polar surface area (TPSA) is 58.6 Å². The molecular formula is C24H27BrCl2N2O3. The number of carbonyl (C=O) groups excluding carboxylic acids is 2. The summed E-state index contributed by atoms with van der Waals surface area (Å²) in [4.78, 5) is 27.6. The summed E-state index contributed by atoms with van der Waals surface area (Å²) in [6.07, 6.45) is 4.18. The molecule has 3 rings (SSSR count). The van der Waals surface area contributed by atoms with Gasteiger partial charge in [-0.3, -0.25) is 9.59 Å². The van der Waals surface area contributed by atoms with Crippen LogP contribution in [0.25, 0.3) is 0 Å². The Hall–Kier alpha value is -1.76. The third-order valence-electron chi connectivity index (χ3n) is 5.72. The minimum Gasteiger partial charge on any atom is -0.484 e. The van der Waals surface area contributed by atoms with E-state index in [-0.39, 0.29) is 31.0 Å². The molecule has 2 amide bonds. The zero-order chi connectivity index (χ0) is 23.3. The molecule has 32 heavy (non-hydrogen) atoms. The number of halogens is 3. The summed E-state index contributed by atoms with van der Waals surface area (Å²) >= 11 is 15.8. The van der Waals surface area contributed by atoms with Crippen LogP contribution in [0.2, 0.25) is 10.0 Å². The number of ether oxygens (including phenoxy) is 1. The Bertz CT molecular complexity index is 980. The van der Waals surface area contributed by atoms with Gasteiger partial charge >= 0.3 is 0 Å². The van der Waals surface area contributed by atoms with Crippen LogP contribution >= 0.6 is 39.1 Å². The molecule has 0 bridgehead atoms. The first kappa shape index (κ1) is 24.9. The van der Waals surface area contributed by atoms with Crippen molar-refractivity contribution >= 4 is 50.9 Å². The maximum absolute atomic E-state index is 13.2. The normalized spacial score (nSPS) is 14.8. The molecule has 0 aromatic heterocycles. The molecule has 2 aromatic carbocycles. The molecule has 172 valence electrons. The van der Waals surface area contributed by atoms with Gasteiger partial charge in [-0.05, 0) is 68.1 Å². The number of amides is 2. The maximum atomic E-state index is 13.2. The molecule has 0 spiro atoms. The smallest absolute Gasteiger partial charge is 0.261 e. The summed E-state index contributed by atoms with van der Waals surface area (Å²) in [5.41, 5.74) is 1.72. The highest BCUT2D eigenvalue weighted by Crippen LogP contribution is 2.25. The van der Waals surface area contributed by atoms with Gasteiger partial charge < -0.3 is 15.0 Å². The minimum atomic E-state index is -0.676. The molecule has 0 unspecified atom stereocenters. The van der Waals surface area contributed by atoms with Gasteiger partial charge in [0, 0.05) is 27.1 Å². The van der Waals surface area contributed by atoms with Crippen molar-refractivity contribution in [3.8, 4) is 5.75 Å². The van der Waals surface area contributed by atoms with E-state index in [1.807, 2.05) is 19.1 Å². The highest BCUT2D eigenvalue weighted by atomic mass is 79.9. The fraction of sp³-hybridized carbons (Fsp3) is 0.417. The van der Waals surface area contributed by atoms with E-state index in [9.17, 15) is 9.59 Å². The molecule has 1 N–H and O–H groups in total. The minimum absolute atomic E-state index is 0.169. The van der Waals surface area contributed by atoms with Crippen LogP contribution in [-0.4, -0.2) is 35.4 Å². The second kappa shape index (κ2) is 11.4. The van der Waals surface area contributed by atoms with Crippen molar-refractivity contribution in [3.05, 3.63) is 62.0 Å². The molecule has 1 aliphatic carbocycles. The van der Waals surface area contributed by atoms with Gasteiger partial charge in [0.05, 0.1) is 0 Å². The number of aryl methyl sites for hydroxylation is 1. The Morgan fingerprint density at radius 1 is 1.19 bits per heavy atom. The fourth-order valence-corrected chi connectivity index (χ4v) is 4.46. The molecular weight excluding hydrogens is 515 g/mol. The summed E-state index contributed by atoms with van der Waals surface area (Å²) in [6.45, 7) is 3.67. The molecule has 8 heteroatoms. The summed E-state index contributed by atoms with van der Waals surface area (Å²) in [5, 5.41) is 4.04. The molecule has 0 heterocycles. The quantitative estimate of drug-likeness (QED) is 0.451. The molecule has 1 atom stereocenters. The van der Waals surface area contributed by atoms with Gasteiger partial charge in [0.1, 0.15) is 11.8 Å². The van der Waals surface area contributed by atoms with E-state index in [0.717, 1.165) is 35.7 Å². The van der Waals surface area contributed by atoms with E-state index in [0.29, 0.717) is 21.4 Å². The number of hydrogen-bond acceptors (Lipinski definition) is 3. The van der Waals surface area contributed by atoms with Crippen molar-refractivity contribution in [2.24, 2.45) is 0 Å². The van der Waals surface area contributed by atoms with Crippen molar-refractivity contribution < 1.29 is 14.3 Å². The Kier molecular flexibility index (Phi) is 8.86. The molecule has 0 aliphatic heterocycles. The van der Waals surface area contributed by atoms with E-state index >= 15 is 0 Å². The first-order chi connectivity index (χ1) is 15.2. The van der Waals surface area contributed by atoms with Gasteiger partial charge in [-0.25, -0.2) is 0 Å². The average Bonchev–Trinajstić information content (AvgIpc) is 3.26. The van der Waals surface area contributed by atoms with Crippen LogP contribution in [0.5, 0.6) is 5.75 Å².